The number of aryl methyl sites for hydroxylation is 1. The van der Waals surface area contributed by atoms with Crippen molar-refractivity contribution in [1.29, 1.82) is 0 Å². The molecule has 6 heteroatoms. The molecule has 2 amide bonds. The van der Waals surface area contributed by atoms with Crippen LogP contribution in [0.15, 0.2) is 30.5 Å². The summed E-state index contributed by atoms with van der Waals surface area (Å²) in [5.41, 5.74) is 5.44. The van der Waals surface area contributed by atoms with Gasteiger partial charge in [0.25, 0.3) is 0 Å². The number of rotatable bonds is 2. The average molecular weight is 364 g/mol. The summed E-state index contributed by atoms with van der Waals surface area (Å²) in [5.74, 6) is -0.0879. The molecule has 27 heavy (non-hydrogen) atoms. The number of piperazine rings is 1. The van der Waals surface area contributed by atoms with Crippen LogP contribution in [0.3, 0.4) is 0 Å². The van der Waals surface area contributed by atoms with Crippen LogP contribution in [0.2, 0.25) is 0 Å². The first-order valence-corrected chi connectivity index (χ1v) is 9.54. The second-order valence-electron chi connectivity index (χ2n) is 8.15. The zero-order valence-corrected chi connectivity index (χ0v) is 15.7. The number of carbonyl (C=O) groups is 2. The fraction of sp³-hybridized carbons (Fsp3) is 0.429. The molecule has 1 aromatic carbocycles. The molecule has 3 aliphatic rings. The molecule has 6 nitrogen and oxygen atoms in total. The minimum absolute atomic E-state index is 0.197. The summed E-state index contributed by atoms with van der Waals surface area (Å²) in [4.78, 5) is 27.8. The molecule has 1 unspecified atom stereocenters. The molecular formula is C21H24N4O2. The predicted octanol–water partition coefficient (Wildman–Crippen LogP) is 1.01. The summed E-state index contributed by atoms with van der Waals surface area (Å²) in [6.45, 7) is 2.28. The quantitative estimate of drug-likeness (QED) is 0.808. The van der Waals surface area contributed by atoms with E-state index in [4.69, 9.17) is 0 Å². The van der Waals surface area contributed by atoms with Crippen molar-refractivity contribution in [2.45, 2.75) is 12.5 Å². The van der Waals surface area contributed by atoms with E-state index in [0.717, 1.165) is 19.5 Å². The minimum atomic E-state index is -0.197. The normalized spacial score (nSPS) is 26.1. The largest absolute Gasteiger partial charge is 0.350 e. The lowest BCUT2D eigenvalue weighted by Gasteiger charge is -2.41. The van der Waals surface area contributed by atoms with Gasteiger partial charge in [0.1, 0.15) is 0 Å². The summed E-state index contributed by atoms with van der Waals surface area (Å²) in [5, 5.41) is 3.76. The molecule has 0 spiro atoms. The maximum Gasteiger partial charge on any atom is 0.240 e. The van der Waals surface area contributed by atoms with Crippen LogP contribution in [0.5, 0.6) is 0 Å². The van der Waals surface area contributed by atoms with Crippen LogP contribution >= 0.6 is 0 Å². The van der Waals surface area contributed by atoms with Gasteiger partial charge in [0, 0.05) is 49.2 Å². The second kappa shape index (κ2) is 6.04. The van der Waals surface area contributed by atoms with E-state index in [-0.39, 0.29) is 11.8 Å². The van der Waals surface area contributed by atoms with Crippen molar-refractivity contribution in [3.63, 3.8) is 0 Å². The number of benzene rings is 1. The smallest absolute Gasteiger partial charge is 0.240 e. The first-order valence-electron chi connectivity index (χ1n) is 9.54. The Balaban J connectivity index is 1.50. The third-order valence-electron chi connectivity index (χ3n) is 6.15. The highest BCUT2D eigenvalue weighted by atomic mass is 16.2. The molecular weight excluding hydrogens is 340 g/mol. The summed E-state index contributed by atoms with van der Waals surface area (Å²) >= 11 is 0. The highest BCUT2D eigenvalue weighted by molar-refractivity contribution is 6.00. The van der Waals surface area contributed by atoms with Crippen molar-refractivity contribution in [3.05, 3.63) is 41.6 Å². The Morgan fingerprint density at radius 1 is 1.15 bits per heavy atom. The maximum atomic E-state index is 11.7. The molecule has 2 aromatic rings. The lowest BCUT2D eigenvalue weighted by Crippen LogP contribution is -2.53. The van der Waals surface area contributed by atoms with Gasteiger partial charge >= 0.3 is 0 Å². The van der Waals surface area contributed by atoms with Crippen molar-refractivity contribution < 1.29 is 9.59 Å². The number of amides is 2. The van der Waals surface area contributed by atoms with Crippen LogP contribution in [0.25, 0.3) is 16.5 Å². The van der Waals surface area contributed by atoms with E-state index in [1.54, 1.807) is 0 Å². The first-order chi connectivity index (χ1) is 13.0. The summed E-state index contributed by atoms with van der Waals surface area (Å²) in [6, 6.07) is 6.96. The zero-order chi connectivity index (χ0) is 18.7. The molecule has 1 saturated heterocycles. The molecule has 140 valence electrons. The second-order valence-corrected chi connectivity index (χ2v) is 8.15. The molecule has 1 aromatic heterocycles. The fourth-order valence-corrected chi connectivity index (χ4v) is 5.10. The average Bonchev–Trinajstić information content (AvgIpc) is 2.92. The molecule has 1 N–H and O–H groups in total. The number of hydrogen-bond donors (Lipinski definition) is 1. The number of nitrogens with zero attached hydrogens (tertiary/aromatic N) is 3. The van der Waals surface area contributed by atoms with E-state index in [1.807, 2.05) is 4.90 Å². The number of imide groups is 1. The SMILES string of the molecule is CN1CC(CN2CC(=O)NC(=O)C2)C=C2c3cccc4c3c(cn4C)C[C@H]21. The monoisotopic (exact) mass is 364 g/mol. The van der Waals surface area contributed by atoms with Crippen LogP contribution in [-0.4, -0.2) is 65.4 Å². The maximum absolute atomic E-state index is 11.7. The first kappa shape index (κ1) is 16.7. The van der Waals surface area contributed by atoms with Crippen molar-refractivity contribution in [1.82, 2.24) is 19.7 Å². The Bertz CT molecular complexity index is 973. The van der Waals surface area contributed by atoms with Gasteiger partial charge in [0.15, 0.2) is 0 Å². The summed E-state index contributed by atoms with van der Waals surface area (Å²) < 4.78 is 2.22. The highest BCUT2D eigenvalue weighted by Crippen LogP contribution is 2.41. The van der Waals surface area contributed by atoms with E-state index >= 15 is 0 Å². The molecule has 0 bridgehead atoms. The number of hydrogen-bond acceptors (Lipinski definition) is 4. The molecule has 2 aliphatic heterocycles. The van der Waals surface area contributed by atoms with Crippen LogP contribution < -0.4 is 5.32 Å². The number of aromatic nitrogens is 1. The van der Waals surface area contributed by atoms with Crippen molar-refractivity contribution in [3.8, 4) is 0 Å². The number of fused-ring (bicyclic) bond motifs is 2. The van der Waals surface area contributed by atoms with E-state index in [9.17, 15) is 9.59 Å². The van der Waals surface area contributed by atoms with Gasteiger partial charge in [-0.15, -0.1) is 0 Å². The van der Waals surface area contributed by atoms with Crippen LogP contribution in [0.4, 0.5) is 0 Å². The van der Waals surface area contributed by atoms with Gasteiger partial charge in [0.05, 0.1) is 13.1 Å². The highest BCUT2D eigenvalue weighted by Gasteiger charge is 2.35. The van der Waals surface area contributed by atoms with E-state index in [2.05, 4.69) is 59.4 Å². The fourth-order valence-electron chi connectivity index (χ4n) is 5.10. The third-order valence-corrected chi connectivity index (χ3v) is 6.15. The van der Waals surface area contributed by atoms with Crippen molar-refractivity contribution in [2.75, 3.05) is 33.2 Å². The topological polar surface area (TPSA) is 57.6 Å². The van der Waals surface area contributed by atoms with Gasteiger partial charge < -0.3 is 4.57 Å². The molecule has 1 fully saturated rings. The molecule has 5 rings (SSSR count). The number of nitrogens with one attached hydrogen (secondary N) is 1. The summed E-state index contributed by atoms with van der Waals surface area (Å²) in [7, 11) is 4.30. The summed E-state index contributed by atoms with van der Waals surface area (Å²) in [6.07, 6.45) is 5.70. The Hall–Kier alpha value is -2.44. The predicted molar refractivity (Wildman–Crippen MR) is 104 cm³/mol. The lowest BCUT2D eigenvalue weighted by atomic mass is 9.80. The van der Waals surface area contributed by atoms with Gasteiger partial charge in [-0.1, -0.05) is 18.2 Å². The van der Waals surface area contributed by atoms with Crippen LogP contribution in [0.1, 0.15) is 11.1 Å². The zero-order valence-electron chi connectivity index (χ0n) is 15.7. The molecule has 3 heterocycles. The molecule has 0 radical (unpaired) electrons. The molecule has 2 atom stereocenters. The van der Waals surface area contributed by atoms with E-state index in [0.29, 0.717) is 25.0 Å². The van der Waals surface area contributed by atoms with Gasteiger partial charge in [-0.05, 0) is 36.2 Å². The van der Waals surface area contributed by atoms with Gasteiger partial charge in [-0.25, -0.2) is 0 Å². The van der Waals surface area contributed by atoms with Crippen LogP contribution in [0, 0.1) is 5.92 Å². The Labute approximate surface area is 158 Å². The van der Waals surface area contributed by atoms with Crippen LogP contribution in [-0.2, 0) is 23.1 Å². The van der Waals surface area contributed by atoms with Gasteiger partial charge in [0.2, 0.25) is 11.8 Å². The van der Waals surface area contributed by atoms with E-state index in [1.165, 1.54) is 27.6 Å². The Morgan fingerprint density at radius 3 is 2.70 bits per heavy atom. The Morgan fingerprint density at radius 2 is 1.93 bits per heavy atom. The standard InChI is InChI=1S/C21H24N4O2/c1-23-8-13(9-25-11-19(26)22-20(27)12-25)6-16-15-4-3-5-17-21(15)14(7-18(16)23)10-24(17)2/h3-6,10,13,18H,7-9,11-12H2,1-2H3,(H,22,26,27)/t13?,18-/m1/s1. The molecule has 1 aliphatic carbocycles. The minimum Gasteiger partial charge on any atom is -0.350 e. The van der Waals surface area contributed by atoms with Crippen molar-refractivity contribution >= 4 is 28.3 Å². The van der Waals surface area contributed by atoms with Gasteiger partial charge in [-0.2, -0.15) is 0 Å². The Kier molecular flexibility index (Phi) is 3.74. The number of carbonyl (C=O) groups excluding carboxylic acids is 2. The number of likely N-dealkylation sites (N-methyl/N-ethyl adjacent to an activating group) is 1. The third kappa shape index (κ3) is 2.71. The van der Waals surface area contributed by atoms with E-state index < -0.39 is 0 Å². The lowest BCUT2D eigenvalue weighted by molar-refractivity contribution is -0.136. The van der Waals surface area contributed by atoms with Crippen molar-refractivity contribution in [2.24, 2.45) is 13.0 Å². The van der Waals surface area contributed by atoms with Gasteiger partial charge in [-0.3, -0.25) is 24.7 Å². The molecule has 0 saturated carbocycles.